The third kappa shape index (κ3) is 4.34. The van der Waals surface area contributed by atoms with Crippen molar-refractivity contribution in [2.24, 2.45) is 0 Å². The second-order valence-corrected chi connectivity index (χ2v) is 8.06. The van der Waals surface area contributed by atoms with Crippen LogP contribution in [0.1, 0.15) is 21.5 Å². The number of rotatable bonds is 5. The zero-order chi connectivity index (χ0) is 23.5. The highest BCUT2D eigenvalue weighted by Gasteiger charge is 2.15. The third-order valence-electron chi connectivity index (χ3n) is 5.66. The maximum atomic E-state index is 13.0. The number of carbonyl (C=O) groups excluding carboxylic acids is 2. The van der Waals surface area contributed by atoms with Crippen LogP contribution < -0.4 is 5.32 Å². The Kier molecular flexibility index (Phi) is 5.70. The second-order valence-electron chi connectivity index (χ2n) is 8.06. The zero-order valence-corrected chi connectivity index (χ0v) is 18.6. The molecule has 5 aromatic rings. The molecule has 6 heteroatoms. The molecule has 0 spiro atoms. The minimum Gasteiger partial charge on any atom is -0.310 e. The number of nitrogens with zero attached hydrogens (tertiary/aromatic N) is 3. The lowest BCUT2D eigenvalue weighted by atomic mass is 10.1. The largest absolute Gasteiger partial charge is 0.310 e. The number of imidazole rings is 1. The summed E-state index contributed by atoms with van der Waals surface area (Å²) in [6.07, 6.45) is 1.84. The minimum absolute atomic E-state index is 0.116. The summed E-state index contributed by atoms with van der Waals surface area (Å²) in [5.41, 5.74) is 5.48. The Bertz CT molecular complexity index is 1510. The highest BCUT2D eigenvalue weighted by atomic mass is 16.2. The van der Waals surface area contributed by atoms with Gasteiger partial charge in [0, 0.05) is 11.1 Å². The van der Waals surface area contributed by atoms with Crippen LogP contribution in [-0.2, 0) is 11.2 Å². The molecule has 0 unspecified atom stereocenters. The summed E-state index contributed by atoms with van der Waals surface area (Å²) in [7, 11) is 0. The number of aromatic nitrogens is 3. The van der Waals surface area contributed by atoms with Gasteiger partial charge in [-0.15, -0.1) is 0 Å². The summed E-state index contributed by atoms with van der Waals surface area (Å²) >= 11 is 0. The highest BCUT2D eigenvalue weighted by Crippen LogP contribution is 2.24. The van der Waals surface area contributed by atoms with E-state index in [1.165, 1.54) is 0 Å². The van der Waals surface area contributed by atoms with Crippen molar-refractivity contribution >= 4 is 28.7 Å². The van der Waals surface area contributed by atoms with E-state index < -0.39 is 0 Å². The molecular weight excluding hydrogens is 424 g/mol. The molecule has 5 rings (SSSR count). The van der Waals surface area contributed by atoms with Crippen molar-refractivity contribution in [1.29, 1.82) is 0 Å². The monoisotopic (exact) mass is 446 g/mol. The summed E-state index contributed by atoms with van der Waals surface area (Å²) in [6, 6.07) is 28.3. The van der Waals surface area contributed by atoms with Crippen LogP contribution in [-0.4, -0.2) is 26.3 Å². The molecule has 1 amide bonds. The van der Waals surface area contributed by atoms with Crippen molar-refractivity contribution in [2.45, 2.75) is 13.3 Å². The van der Waals surface area contributed by atoms with Crippen LogP contribution in [0.25, 0.3) is 22.3 Å². The number of benzene rings is 3. The van der Waals surface area contributed by atoms with Gasteiger partial charge >= 0.3 is 0 Å². The standard InChI is InChI=1S/C28H22N4O2/c1-19-8-5-6-11-22(19)28(34)32-18-29-24-17-21(14-15-25(24)32)23-12-7-13-26(30-23)31-27(33)16-20-9-3-2-4-10-20/h2-15,17-18H,16H2,1H3,(H,30,31,33). The van der Waals surface area contributed by atoms with E-state index >= 15 is 0 Å². The number of fused-ring (bicyclic) bond motifs is 1. The fourth-order valence-corrected chi connectivity index (χ4v) is 3.91. The van der Waals surface area contributed by atoms with E-state index in [0.717, 1.165) is 22.2 Å². The van der Waals surface area contributed by atoms with Crippen LogP contribution in [0.2, 0.25) is 0 Å². The molecule has 0 radical (unpaired) electrons. The minimum atomic E-state index is -0.125. The van der Waals surface area contributed by atoms with Crippen LogP contribution in [0.15, 0.2) is 97.3 Å². The van der Waals surface area contributed by atoms with E-state index in [9.17, 15) is 9.59 Å². The van der Waals surface area contributed by atoms with Gasteiger partial charge in [-0.1, -0.05) is 60.7 Å². The fourth-order valence-electron chi connectivity index (χ4n) is 3.91. The highest BCUT2D eigenvalue weighted by molar-refractivity contribution is 6.02. The first kappa shape index (κ1) is 21.3. The predicted molar refractivity (Wildman–Crippen MR) is 133 cm³/mol. The lowest BCUT2D eigenvalue weighted by Gasteiger charge is -2.08. The lowest BCUT2D eigenvalue weighted by molar-refractivity contribution is -0.115. The van der Waals surface area contributed by atoms with E-state index in [0.29, 0.717) is 22.6 Å². The van der Waals surface area contributed by atoms with Crippen molar-refractivity contribution < 1.29 is 9.59 Å². The molecule has 2 aromatic heterocycles. The van der Waals surface area contributed by atoms with Crippen LogP contribution >= 0.6 is 0 Å². The molecule has 1 N–H and O–H groups in total. The van der Waals surface area contributed by atoms with Crippen molar-refractivity contribution in [3.05, 3.63) is 114 Å². The summed E-state index contributed by atoms with van der Waals surface area (Å²) < 4.78 is 1.56. The predicted octanol–water partition coefficient (Wildman–Crippen LogP) is 5.28. The van der Waals surface area contributed by atoms with Gasteiger partial charge in [0.15, 0.2) is 0 Å². The van der Waals surface area contributed by atoms with Crippen molar-refractivity contribution in [3.8, 4) is 11.3 Å². The van der Waals surface area contributed by atoms with E-state index in [1.54, 1.807) is 17.0 Å². The summed E-state index contributed by atoms with van der Waals surface area (Å²) in [5.74, 6) is 0.244. The molecule has 0 saturated carbocycles. The van der Waals surface area contributed by atoms with E-state index in [1.807, 2.05) is 91.9 Å². The number of hydrogen-bond donors (Lipinski definition) is 1. The fraction of sp³-hybridized carbons (Fsp3) is 0.0714. The van der Waals surface area contributed by atoms with E-state index in [-0.39, 0.29) is 18.2 Å². The number of aryl methyl sites for hydroxylation is 1. The average molecular weight is 447 g/mol. The van der Waals surface area contributed by atoms with Crippen LogP contribution in [0.4, 0.5) is 5.82 Å². The summed E-state index contributed by atoms with van der Waals surface area (Å²) in [5, 5.41) is 2.87. The SMILES string of the molecule is Cc1ccccc1C(=O)n1cnc2cc(-c3cccc(NC(=O)Cc4ccccc4)n3)ccc21. The molecule has 0 aliphatic rings. The maximum absolute atomic E-state index is 13.0. The molecule has 0 aliphatic heterocycles. The Hall–Kier alpha value is -4.58. The average Bonchev–Trinajstić information content (AvgIpc) is 3.28. The Balaban J connectivity index is 1.38. The van der Waals surface area contributed by atoms with Gasteiger partial charge in [-0.25, -0.2) is 9.97 Å². The quantitative estimate of drug-likeness (QED) is 0.399. The third-order valence-corrected chi connectivity index (χ3v) is 5.66. The van der Waals surface area contributed by atoms with Gasteiger partial charge in [-0.2, -0.15) is 0 Å². The number of carbonyl (C=O) groups is 2. The van der Waals surface area contributed by atoms with Gasteiger partial charge in [0.25, 0.3) is 5.91 Å². The van der Waals surface area contributed by atoms with Crippen molar-refractivity contribution in [3.63, 3.8) is 0 Å². The molecule has 0 aliphatic carbocycles. The Labute approximate surface area is 196 Å². The summed E-state index contributed by atoms with van der Waals surface area (Å²) in [4.78, 5) is 34.5. The topological polar surface area (TPSA) is 76.9 Å². The second kappa shape index (κ2) is 9.11. The molecule has 0 fully saturated rings. The van der Waals surface area contributed by atoms with Gasteiger partial charge in [0.1, 0.15) is 12.1 Å². The molecular formula is C28H22N4O2. The maximum Gasteiger partial charge on any atom is 0.263 e. The molecule has 0 bridgehead atoms. The molecule has 2 heterocycles. The first-order valence-electron chi connectivity index (χ1n) is 11.0. The van der Waals surface area contributed by atoms with E-state index in [2.05, 4.69) is 15.3 Å². The number of amides is 1. The van der Waals surface area contributed by atoms with Crippen LogP contribution in [0.5, 0.6) is 0 Å². The number of pyridine rings is 1. The molecule has 0 saturated heterocycles. The Morgan fingerprint density at radius 1 is 0.882 bits per heavy atom. The van der Waals surface area contributed by atoms with Gasteiger partial charge in [0.2, 0.25) is 5.91 Å². The molecule has 0 atom stereocenters. The first-order chi connectivity index (χ1) is 16.6. The number of hydrogen-bond acceptors (Lipinski definition) is 4. The van der Waals surface area contributed by atoms with E-state index in [4.69, 9.17) is 0 Å². The molecule has 6 nitrogen and oxygen atoms in total. The van der Waals surface area contributed by atoms with Gasteiger partial charge < -0.3 is 5.32 Å². The number of anilines is 1. The van der Waals surface area contributed by atoms with Gasteiger partial charge in [0.05, 0.1) is 23.1 Å². The normalized spacial score (nSPS) is 10.9. The van der Waals surface area contributed by atoms with Gasteiger partial charge in [-0.05, 0) is 48.4 Å². The molecule has 34 heavy (non-hydrogen) atoms. The van der Waals surface area contributed by atoms with Crippen LogP contribution in [0, 0.1) is 6.92 Å². The number of nitrogens with one attached hydrogen (secondary N) is 1. The van der Waals surface area contributed by atoms with Crippen LogP contribution in [0.3, 0.4) is 0 Å². The molecule has 166 valence electrons. The summed E-state index contributed by atoms with van der Waals surface area (Å²) in [6.45, 7) is 1.92. The Morgan fingerprint density at radius 2 is 1.68 bits per heavy atom. The Morgan fingerprint density at radius 3 is 2.50 bits per heavy atom. The first-order valence-corrected chi connectivity index (χ1v) is 11.0. The smallest absolute Gasteiger partial charge is 0.263 e. The molecule has 3 aromatic carbocycles. The zero-order valence-electron chi connectivity index (χ0n) is 18.6. The van der Waals surface area contributed by atoms with Gasteiger partial charge in [-0.3, -0.25) is 14.2 Å². The van der Waals surface area contributed by atoms with Crippen molar-refractivity contribution in [1.82, 2.24) is 14.5 Å². The lowest BCUT2D eigenvalue weighted by Crippen LogP contribution is -2.15. The van der Waals surface area contributed by atoms with Crippen molar-refractivity contribution in [2.75, 3.05) is 5.32 Å².